The molecular weight excluding hydrogens is 262 g/mol. The van der Waals surface area contributed by atoms with Gasteiger partial charge in [0, 0.05) is 19.0 Å². The molecule has 2 rings (SSSR count). The molecule has 6 heteroatoms. The molecule has 5 nitrogen and oxygen atoms in total. The first kappa shape index (κ1) is 14.1. The quantitative estimate of drug-likeness (QED) is 0.876. The van der Waals surface area contributed by atoms with E-state index in [0.29, 0.717) is 5.88 Å². The third-order valence-electron chi connectivity index (χ3n) is 3.28. The van der Waals surface area contributed by atoms with Crippen molar-refractivity contribution < 1.29 is 0 Å². The number of hydrogen-bond acceptors (Lipinski definition) is 4. The minimum Gasteiger partial charge on any atom is -0.366 e. The Bertz CT molecular complexity index is 558. The van der Waals surface area contributed by atoms with Crippen LogP contribution in [0.25, 0.3) is 11.0 Å². The monoisotopic (exact) mass is 281 g/mol. The van der Waals surface area contributed by atoms with Crippen molar-refractivity contribution in [2.24, 2.45) is 12.5 Å². The molecule has 0 aromatic carbocycles. The van der Waals surface area contributed by atoms with E-state index in [1.807, 2.05) is 7.05 Å². The number of anilines is 1. The highest BCUT2D eigenvalue weighted by Gasteiger charge is 2.25. The number of nitrogens with zero attached hydrogens (tertiary/aromatic N) is 4. The minimum atomic E-state index is 0.106. The van der Waals surface area contributed by atoms with Gasteiger partial charge in [0.2, 0.25) is 0 Å². The van der Waals surface area contributed by atoms with Crippen LogP contribution in [0.2, 0.25) is 0 Å². The van der Waals surface area contributed by atoms with E-state index >= 15 is 0 Å². The Morgan fingerprint density at radius 3 is 2.74 bits per heavy atom. The fourth-order valence-electron chi connectivity index (χ4n) is 2.07. The maximum atomic E-state index is 5.90. The van der Waals surface area contributed by atoms with Gasteiger partial charge in [0.25, 0.3) is 0 Å². The van der Waals surface area contributed by atoms with Gasteiger partial charge in [-0.05, 0) is 11.8 Å². The topological polar surface area (TPSA) is 55.6 Å². The summed E-state index contributed by atoms with van der Waals surface area (Å²) in [5.74, 6) is 1.44. The van der Waals surface area contributed by atoms with E-state index < -0.39 is 0 Å². The van der Waals surface area contributed by atoms with Crippen molar-refractivity contribution in [1.29, 1.82) is 0 Å². The molecule has 1 unspecified atom stereocenters. The maximum Gasteiger partial charge on any atom is 0.163 e. The lowest BCUT2D eigenvalue weighted by molar-refractivity contribution is 0.334. The second kappa shape index (κ2) is 5.33. The number of rotatable bonds is 4. The fourth-order valence-corrected chi connectivity index (χ4v) is 2.29. The number of aromatic nitrogens is 4. The van der Waals surface area contributed by atoms with E-state index in [2.05, 4.69) is 41.2 Å². The van der Waals surface area contributed by atoms with Gasteiger partial charge < -0.3 is 5.32 Å². The molecule has 0 saturated carbocycles. The van der Waals surface area contributed by atoms with E-state index in [0.717, 1.165) is 23.3 Å². The summed E-state index contributed by atoms with van der Waals surface area (Å²) in [6.45, 7) is 6.58. The molecule has 0 radical (unpaired) electrons. The molecule has 0 saturated heterocycles. The fraction of sp³-hybridized carbons (Fsp3) is 0.615. The third-order valence-corrected chi connectivity index (χ3v) is 3.50. The van der Waals surface area contributed by atoms with Crippen molar-refractivity contribution in [1.82, 2.24) is 19.7 Å². The molecular formula is C13H20ClN5. The Balaban J connectivity index is 2.34. The highest BCUT2D eigenvalue weighted by atomic mass is 35.5. The maximum absolute atomic E-state index is 5.90. The second-order valence-electron chi connectivity index (χ2n) is 5.77. The molecule has 0 aliphatic carbocycles. The van der Waals surface area contributed by atoms with Gasteiger partial charge in [-0.15, -0.1) is 11.6 Å². The summed E-state index contributed by atoms with van der Waals surface area (Å²) in [6, 6.07) is 0.253. The van der Waals surface area contributed by atoms with Gasteiger partial charge in [-0.1, -0.05) is 20.8 Å². The van der Waals surface area contributed by atoms with Crippen molar-refractivity contribution >= 4 is 28.5 Å². The van der Waals surface area contributed by atoms with Crippen LogP contribution in [-0.4, -0.2) is 31.7 Å². The van der Waals surface area contributed by atoms with Crippen molar-refractivity contribution in [2.75, 3.05) is 11.2 Å². The first-order chi connectivity index (χ1) is 8.93. The molecule has 1 atom stereocenters. The molecule has 1 N–H and O–H groups in total. The number of hydrogen-bond donors (Lipinski definition) is 1. The zero-order valence-electron chi connectivity index (χ0n) is 11.8. The lowest BCUT2D eigenvalue weighted by atomic mass is 9.85. The zero-order chi connectivity index (χ0) is 14.0. The molecule has 0 fully saturated rings. The zero-order valence-corrected chi connectivity index (χ0v) is 12.6. The van der Waals surface area contributed by atoms with E-state index in [1.165, 1.54) is 0 Å². The summed E-state index contributed by atoms with van der Waals surface area (Å²) in [6.07, 6.45) is 4.24. The molecule has 2 aromatic heterocycles. The van der Waals surface area contributed by atoms with Gasteiger partial charge in [-0.3, -0.25) is 4.68 Å². The Kier molecular flexibility index (Phi) is 3.94. The van der Waals surface area contributed by atoms with Gasteiger partial charge in [-0.2, -0.15) is 5.10 Å². The van der Waals surface area contributed by atoms with Gasteiger partial charge in [0.15, 0.2) is 5.65 Å². The van der Waals surface area contributed by atoms with E-state index in [-0.39, 0.29) is 11.5 Å². The van der Waals surface area contributed by atoms with Crippen molar-refractivity contribution in [3.05, 3.63) is 12.5 Å². The normalized spacial score (nSPS) is 13.7. The summed E-state index contributed by atoms with van der Waals surface area (Å²) < 4.78 is 1.75. The average Bonchev–Trinajstić information content (AvgIpc) is 2.71. The highest BCUT2D eigenvalue weighted by molar-refractivity contribution is 6.17. The van der Waals surface area contributed by atoms with Gasteiger partial charge in [-0.25, -0.2) is 9.97 Å². The molecule has 2 heterocycles. The second-order valence-corrected chi connectivity index (χ2v) is 6.15. The minimum absolute atomic E-state index is 0.106. The van der Waals surface area contributed by atoms with Crippen LogP contribution >= 0.6 is 11.6 Å². The van der Waals surface area contributed by atoms with Gasteiger partial charge >= 0.3 is 0 Å². The van der Waals surface area contributed by atoms with Crippen molar-refractivity contribution in [3.63, 3.8) is 0 Å². The van der Waals surface area contributed by atoms with Crippen LogP contribution in [0.5, 0.6) is 0 Å². The van der Waals surface area contributed by atoms with Crippen molar-refractivity contribution in [2.45, 2.75) is 33.2 Å². The first-order valence-electron chi connectivity index (χ1n) is 6.38. The SMILES string of the molecule is Cn1ncc2c(NC(CCCl)C(C)(C)C)ncnc21. The van der Waals surface area contributed by atoms with Crippen LogP contribution in [0, 0.1) is 5.41 Å². The van der Waals surface area contributed by atoms with Crippen LogP contribution in [0.15, 0.2) is 12.5 Å². The van der Waals surface area contributed by atoms with E-state index in [9.17, 15) is 0 Å². The molecule has 104 valence electrons. The summed E-state index contributed by atoms with van der Waals surface area (Å²) in [7, 11) is 1.87. The number of alkyl halides is 1. The summed E-state index contributed by atoms with van der Waals surface area (Å²) >= 11 is 5.90. The lowest BCUT2D eigenvalue weighted by Crippen LogP contribution is -2.34. The van der Waals surface area contributed by atoms with Gasteiger partial charge in [0.05, 0.1) is 11.6 Å². The Labute approximate surface area is 118 Å². The lowest BCUT2D eigenvalue weighted by Gasteiger charge is -2.31. The number of aryl methyl sites for hydroxylation is 1. The predicted molar refractivity (Wildman–Crippen MR) is 78.5 cm³/mol. The Morgan fingerprint density at radius 2 is 2.11 bits per heavy atom. The Morgan fingerprint density at radius 1 is 1.37 bits per heavy atom. The van der Waals surface area contributed by atoms with Gasteiger partial charge in [0.1, 0.15) is 12.1 Å². The predicted octanol–water partition coefficient (Wildman–Crippen LogP) is 2.82. The van der Waals surface area contributed by atoms with Crippen molar-refractivity contribution in [3.8, 4) is 0 Å². The van der Waals surface area contributed by atoms with E-state index in [1.54, 1.807) is 17.2 Å². The number of halogens is 1. The molecule has 0 amide bonds. The molecule has 0 bridgehead atoms. The average molecular weight is 282 g/mol. The summed E-state index contributed by atoms with van der Waals surface area (Å²) in [5.41, 5.74) is 0.935. The number of fused-ring (bicyclic) bond motifs is 1. The van der Waals surface area contributed by atoms with E-state index in [4.69, 9.17) is 11.6 Å². The van der Waals surface area contributed by atoms with Crippen LogP contribution in [-0.2, 0) is 7.05 Å². The van der Waals surface area contributed by atoms with Crippen LogP contribution < -0.4 is 5.32 Å². The summed E-state index contributed by atoms with van der Waals surface area (Å²) in [5, 5.41) is 8.65. The molecule has 0 aliphatic heterocycles. The number of nitrogens with one attached hydrogen (secondary N) is 1. The standard InChI is InChI=1S/C13H20ClN5/c1-13(2,3)10(5-6-14)18-11-9-7-17-19(4)12(9)16-8-15-11/h7-8,10H,5-6H2,1-4H3,(H,15,16,18). The molecule has 0 aliphatic rings. The summed E-state index contributed by atoms with van der Waals surface area (Å²) in [4.78, 5) is 8.58. The van der Waals surface area contributed by atoms with Crippen LogP contribution in [0.4, 0.5) is 5.82 Å². The molecule has 19 heavy (non-hydrogen) atoms. The third kappa shape index (κ3) is 2.97. The van der Waals surface area contributed by atoms with Crippen LogP contribution in [0.3, 0.4) is 0 Å². The molecule has 2 aromatic rings. The highest BCUT2D eigenvalue weighted by Crippen LogP contribution is 2.27. The molecule has 0 spiro atoms. The smallest absolute Gasteiger partial charge is 0.163 e. The Hall–Kier alpha value is -1.36. The van der Waals surface area contributed by atoms with Crippen LogP contribution in [0.1, 0.15) is 27.2 Å². The largest absolute Gasteiger partial charge is 0.366 e. The first-order valence-corrected chi connectivity index (χ1v) is 6.92.